The zero-order valence-electron chi connectivity index (χ0n) is 8.15. The second-order valence-corrected chi connectivity index (χ2v) is 3.67. The van der Waals surface area contributed by atoms with Crippen LogP contribution in [0.3, 0.4) is 0 Å². The maximum Gasteiger partial charge on any atom is 0.230 e. The third-order valence-corrected chi connectivity index (χ3v) is 2.24. The number of likely N-dealkylation sites (tertiary alicyclic amines) is 1. The number of carboxylic acid groups (broad SMARTS) is 1. The molecule has 0 N–H and O–H groups in total. The van der Waals surface area contributed by atoms with Gasteiger partial charge in [-0.1, -0.05) is 13.8 Å². The van der Waals surface area contributed by atoms with Crippen LogP contribution in [0.5, 0.6) is 0 Å². The maximum atomic E-state index is 11.2. The zero-order chi connectivity index (χ0) is 10.9. The van der Waals surface area contributed by atoms with Crippen molar-refractivity contribution in [2.45, 2.75) is 32.7 Å². The molecule has 0 aromatic heterocycles. The highest BCUT2D eigenvalue weighted by Crippen LogP contribution is 2.19. The van der Waals surface area contributed by atoms with Crippen LogP contribution in [-0.2, 0) is 14.4 Å². The van der Waals surface area contributed by atoms with Crippen LogP contribution in [-0.4, -0.2) is 28.7 Å². The molecule has 0 bridgehead atoms. The molecule has 5 nitrogen and oxygen atoms in total. The predicted molar refractivity (Wildman–Crippen MR) is 44.7 cm³/mol. The topological polar surface area (TPSA) is 77.5 Å². The van der Waals surface area contributed by atoms with Crippen LogP contribution >= 0.6 is 0 Å². The Labute approximate surface area is 81.7 Å². The van der Waals surface area contributed by atoms with E-state index < -0.39 is 23.8 Å². The number of hydrogen-bond acceptors (Lipinski definition) is 4. The van der Waals surface area contributed by atoms with Crippen LogP contribution in [0.25, 0.3) is 0 Å². The van der Waals surface area contributed by atoms with Crippen molar-refractivity contribution in [1.82, 2.24) is 4.90 Å². The molecule has 0 spiro atoms. The van der Waals surface area contributed by atoms with E-state index in [0.29, 0.717) is 0 Å². The number of carbonyl (C=O) groups is 3. The Morgan fingerprint density at radius 3 is 2.00 bits per heavy atom. The molecule has 14 heavy (non-hydrogen) atoms. The van der Waals surface area contributed by atoms with Gasteiger partial charge in [0, 0.05) is 12.8 Å². The number of aliphatic carboxylic acids is 1. The lowest BCUT2D eigenvalue weighted by atomic mass is 10.0. The smallest absolute Gasteiger partial charge is 0.230 e. The molecular weight excluding hydrogens is 186 g/mol. The van der Waals surface area contributed by atoms with E-state index in [2.05, 4.69) is 0 Å². The minimum Gasteiger partial charge on any atom is -0.548 e. The molecule has 78 valence electrons. The minimum atomic E-state index is -1.37. The Morgan fingerprint density at radius 2 is 1.71 bits per heavy atom. The number of carboxylic acids is 1. The molecular formula is C9H12NO4-. The van der Waals surface area contributed by atoms with Crippen molar-refractivity contribution in [3.63, 3.8) is 0 Å². The molecule has 1 heterocycles. The fourth-order valence-electron chi connectivity index (χ4n) is 1.58. The molecule has 0 unspecified atom stereocenters. The van der Waals surface area contributed by atoms with Crippen LogP contribution in [0.2, 0.25) is 0 Å². The summed E-state index contributed by atoms with van der Waals surface area (Å²) in [5.41, 5.74) is 0. The van der Waals surface area contributed by atoms with Gasteiger partial charge < -0.3 is 9.90 Å². The predicted octanol–water partition coefficient (Wildman–Crippen LogP) is -1.09. The average molecular weight is 198 g/mol. The number of nitrogens with zero attached hydrogens (tertiary/aromatic N) is 1. The summed E-state index contributed by atoms with van der Waals surface area (Å²) in [4.78, 5) is 34.1. The van der Waals surface area contributed by atoms with Crippen molar-refractivity contribution in [2.24, 2.45) is 5.92 Å². The molecule has 0 aromatic rings. The van der Waals surface area contributed by atoms with Gasteiger partial charge in [-0.25, -0.2) is 0 Å². The molecule has 1 atom stereocenters. The number of hydrogen-bond donors (Lipinski definition) is 0. The molecule has 5 heteroatoms. The molecule has 0 radical (unpaired) electrons. The van der Waals surface area contributed by atoms with Gasteiger partial charge in [-0.15, -0.1) is 0 Å². The molecule has 0 saturated carbocycles. The van der Waals surface area contributed by atoms with Crippen LogP contribution in [0.15, 0.2) is 0 Å². The van der Waals surface area contributed by atoms with E-state index in [4.69, 9.17) is 0 Å². The highest BCUT2D eigenvalue weighted by atomic mass is 16.4. The molecule has 2 amide bonds. The summed E-state index contributed by atoms with van der Waals surface area (Å²) in [7, 11) is 0. The van der Waals surface area contributed by atoms with Gasteiger partial charge >= 0.3 is 0 Å². The van der Waals surface area contributed by atoms with Crippen LogP contribution in [0.4, 0.5) is 0 Å². The first-order valence-electron chi connectivity index (χ1n) is 4.51. The highest BCUT2D eigenvalue weighted by molar-refractivity contribution is 6.04. The first-order valence-corrected chi connectivity index (χ1v) is 4.51. The van der Waals surface area contributed by atoms with Gasteiger partial charge in [0.15, 0.2) is 0 Å². The fourth-order valence-corrected chi connectivity index (χ4v) is 1.58. The van der Waals surface area contributed by atoms with Gasteiger partial charge in [0.05, 0.1) is 12.0 Å². The van der Waals surface area contributed by atoms with E-state index in [0.717, 1.165) is 4.90 Å². The first-order chi connectivity index (χ1) is 6.45. The molecule has 1 aliphatic heterocycles. The van der Waals surface area contributed by atoms with Crippen molar-refractivity contribution in [3.8, 4) is 0 Å². The van der Waals surface area contributed by atoms with Crippen molar-refractivity contribution in [1.29, 1.82) is 0 Å². The van der Waals surface area contributed by atoms with Crippen molar-refractivity contribution in [3.05, 3.63) is 0 Å². The van der Waals surface area contributed by atoms with Gasteiger partial charge in [0.2, 0.25) is 11.8 Å². The van der Waals surface area contributed by atoms with Gasteiger partial charge in [-0.3, -0.25) is 14.5 Å². The normalized spacial score (nSPS) is 19.2. The minimum absolute atomic E-state index is 0.106. The number of amides is 2. The van der Waals surface area contributed by atoms with Crippen LogP contribution in [0.1, 0.15) is 26.7 Å². The van der Waals surface area contributed by atoms with E-state index in [1.807, 2.05) is 0 Å². The van der Waals surface area contributed by atoms with Gasteiger partial charge in [0.1, 0.15) is 0 Å². The van der Waals surface area contributed by atoms with Crippen LogP contribution in [0, 0.1) is 5.92 Å². The third kappa shape index (κ3) is 1.76. The Morgan fingerprint density at radius 1 is 1.29 bits per heavy atom. The maximum absolute atomic E-state index is 11.2. The lowest BCUT2D eigenvalue weighted by Crippen LogP contribution is -2.53. The highest BCUT2D eigenvalue weighted by Gasteiger charge is 2.36. The van der Waals surface area contributed by atoms with Gasteiger partial charge in [-0.05, 0) is 5.92 Å². The third-order valence-electron chi connectivity index (χ3n) is 2.24. The largest absolute Gasteiger partial charge is 0.548 e. The lowest BCUT2D eigenvalue weighted by molar-refractivity contribution is -0.312. The first kappa shape index (κ1) is 10.7. The Balaban J connectivity index is 2.92. The van der Waals surface area contributed by atoms with E-state index in [-0.39, 0.29) is 18.8 Å². The van der Waals surface area contributed by atoms with Gasteiger partial charge in [-0.2, -0.15) is 0 Å². The van der Waals surface area contributed by atoms with E-state index >= 15 is 0 Å². The molecule has 1 aliphatic rings. The number of imide groups is 1. The summed E-state index contributed by atoms with van der Waals surface area (Å²) in [5.74, 6) is -2.54. The summed E-state index contributed by atoms with van der Waals surface area (Å²) < 4.78 is 0. The molecule has 1 fully saturated rings. The Hall–Kier alpha value is -1.39. The molecule has 1 rings (SSSR count). The van der Waals surface area contributed by atoms with E-state index in [1.54, 1.807) is 13.8 Å². The molecule has 0 aliphatic carbocycles. The molecule has 1 saturated heterocycles. The lowest BCUT2D eigenvalue weighted by Gasteiger charge is -2.29. The monoisotopic (exact) mass is 198 g/mol. The summed E-state index contributed by atoms with van der Waals surface area (Å²) in [6.07, 6.45) is 0.213. The Bertz CT molecular complexity index is 269. The number of carbonyl (C=O) groups excluding carboxylic acids is 3. The second-order valence-electron chi connectivity index (χ2n) is 3.67. The Kier molecular flexibility index (Phi) is 2.88. The molecule has 0 aromatic carbocycles. The van der Waals surface area contributed by atoms with Crippen molar-refractivity contribution >= 4 is 17.8 Å². The standard InChI is InChI=1S/C9H13NO4/c1-5(2)8(9(13)14)10-6(11)3-4-7(10)12/h5,8H,3-4H2,1-2H3,(H,13,14)/p-1/t8-/m0/s1. The SMILES string of the molecule is CC(C)[C@@H](C(=O)[O-])N1C(=O)CCC1=O. The second kappa shape index (κ2) is 3.77. The zero-order valence-corrected chi connectivity index (χ0v) is 8.15. The van der Waals surface area contributed by atoms with E-state index in [1.165, 1.54) is 0 Å². The van der Waals surface area contributed by atoms with E-state index in [9.17, 15) is 19.5 Å². The van der Waals surface area contributed by atoms with Crippen LogP contribution < -0.4 is 5.11 Å². The van der Waals surface area contributed by atoms with Crippen molar-refractivity contribution in [2.75, 3.05) is 0 Å². The summed E-state index contributed by atoms with van der Waals surface area (Å²) in [5, 5.41) is 10.8. The van der Waals surface area contributed by atoms with Crippen molar-refractivity contribution < 1.29 is 19.5 Å². The quantitative estimate of drug-likeness (QED) is 0.540. The number of rotatable bonds is 3. The summed E-state index contributed by atoms with van der Waals surface area (Å²) in [6, 6.07) is -1.13. The fraction of sp³-hybridized carbons (Fsp3) is 0.667. The average Bonchev–Trinajstić information content (AvgIpc) is 2.34. The summed E-state index contributed by atoms with van der Waals surface area (Å²) >= 11 is 0. The van der Waals surface area contributed by atoms with Gasteiger partial charge in [0.25, 0.3) is 0 Å². The summed E-state index contributed by atoms with van der Waals surface area (Å²) in [6.45, 7) is 3.28.